The van der Waals surface area contributed by atoms with Crippen molar-refractivity contribution in [3.8, 4) is 11.5 Å². The standard InChI is InChI=1S/C20H24O2/c1-3-4-16-13-19(22-2)9-10-20(16)17-6-5-15-12-18(21)8-7-14(15)11-17/h7-10,12-13,17,21H,3-6,11H2,1-2H3. The van der Waals surface area contributed by atoms with Gasteiger partial charge in [0, 0.05) is 0 Å². The molecule has 0 radical (unpaired) electrons. The second-order valence-electron chi connectivity index (χ2n) is 6.21. The van der Waals surface area contributed by atoms with Crippen LogP contribution in [0.1, 0.15) is 47.9 Å². The second-order valence-corrected chi connectivity index (χ2v) is 6.21. The molecule has 2 heteroatoms. The normalized spacial score (nSPS) is 17.1. The molecular formula is C20H24O2. The Balaban J connectivity index is 1.90. The van der Waals surface area contributed by atoms with Crippen molar-refractivity contribution in [2.45, 2.75) is 44.9 Å². The van der Waals surface area contributed by atoms with Gasteiger partial charge in [-0.15, -0.1) is 0 Å². The first-order valence-corrected chi connectivity index (χ1v) is 8.18. The third-order valence-electron chi connectivity index (χ3n) is 4.73. The Labute approximate surface area is 132 Å². The summed E-state index contributed by atoms with van der Waals surface area (Å²) in [4.78, 5) is 0. The fourth-order valence-electron chi connectivity index (χ4n) is 3.60. The Morgan fingerprint density at radius 3 is 2.77 bits per heavy atom. The van der Waals surface area contributed by atoms with E-state index in [-0.39, 0.29) is 0 Å². The Morgan fingerprint density at radius 1 is 1.14 bits per heavy atom. The highest BCUT2D eigenvalue weighted by atomic mass is 16.5. The minimum Gasteiger partial charge on any atom is -0.508 e. The number of aryl methyl sites for hydroxylation is 2. The maximum atomic E-state index is 9.63. The number of methoxy groups -OCH3 is 1. The minimum absolute atomic E-state index is 0.383. The van der Waals surface area contributed by atoms with Crippen LogP contribution in [0.5, 0.6) is 11.5 Å². The van der Waals surface area contributed by atoms with Gasteiger partial charge >= 0.3 is 0 Å². The van der Waals surface area contributed by atoms with E-state index < -0.39 is 0 Å². The van der Waals surface area contributed by atoms with Crippen LogP contribution < -0.4 is 4.74 Å². The van der Waals surface area contributed by atoms with Crippen LogP contribution in [-0.2, 0) is 19.3 Å². The third kappa shape index (κ3) is 2.96. The summed E-state index contributed by atoms with van der Waals surface area (Å²) in [5, 5.41) is 9.63. The van der Waals surface area contributed by atoms with Crippen molar-refractivity contribution in [2.24, 2.45) is 0 Å². The van der Waals surface area contributed by atoms with Crippen LogP contribution in [-0.4, -0.2) is 12.2 Å². The Morgan fingerprint density at radius 2 is 2.00 bits per heavy atom. The highest BCUT2D eigenvalue weighted by molar-refractivity contribution is 5.42. The van der Waals surface area contributed by atoms with Crippen LogP contribution in [0.3, 0.4) is 0 Å². The number of benzene rings is 2. The molecule has 0 saturated carbocycles. The zero-order valence-corrected chi connectivity index (χ0v) is 13.4. The molecule has 0 aromatic heterocycles. The molecule has 22 heavy (non-hydrogen) atoms. The van der Waals surface area contributed by atoms with Crippen LogP contribution in [0.25, 0.3) is 0 Å². The molecule has 0 heterocycles. The van der Waals surface area contributed by atoms with E-state index >= 15 is 0 Å². The summed E-state index contributed by atoms with van der Waals surface area (Å²) in [6, 6.07) is 12.3. The first-order chi connectivity index (χ1) is 10.7. The Kier molecular flexibility index (Phi) is 4.37. The Bertz CT molecular complexity index is 661. The quantitative estimate of drug-likeness (QED) is 0.891. The SMILES string of the molecule is CCCc1cc(OC)ccc1C1CCc2cc(O)ccc2C1. The first-order valence-electron chi connectivity index (χ1n) is 8.18. The van der Waals surface area contributed by atoms with Crippen molar-refractivity contribution in [3.05, 3.63) is 58.7 Å². The number of fused-ring (bicyclic) bond motifs is 1. The van der Waals surface area contributed by atoms with Gasteiger partial charge in [-0.2, -0.15) is 0 Å². The van der Waals surface area contributed by atoms with E-state index in [0.29, 0.717) is 11.7 Å². The van der Waals surface area contributed by atoms with Crippen LogP contribution in [0.4, 0.5) is 0 Å². The fourth-order valence-corrected chi connectivity index (χ4v) is 3.60. The van der Waals surface area contributed by atoms with Gasteiger partial charge in [-0.1, -0.05) is 25.5 Å². The topological polar surface area (TPSA) is 29.5 Å². The summed E-state index contributed by atoms with van der Waals surface area (Å²) >= 11 is 0. The number of aromatic hydroxyl groups is 1. The number of ether oxygens (including phenoxy) is 1. The maximum absolute atomic E-state index is 9.63. The fraction of sp³-hybridized carbons (Fsp3) is 0.400. The number of phenols is 1. The predicted molar refractivity (Wildman–Crippen MR) is 89.9 cm³/mol. The molecule has 1 aliphatic carbocycles. The van der Waals surface area contributed by atoms with Gasteiger partial charge in [0.2, 0.25) is 0 Å². The van der Waals surface area contributed by atoms with Crippen LogP contribution >= 0.6 is 0 Å². The lowest BCUT2D eigenvalue weighted by molar-refractivity contribution is 0.413. The highest BCUT2D eigenvalue weighted by Crippen LogP contribution is 2.36. The molecule has 2 aromatic carbocycles. The molecule has 0 spiro atoms. The van der Waals surface area contributed by atoms with Crippen molar-refractivity contribution in [1.29, 1.82) is 0 Å². The van der Waals surface area contributed by atoms with Gasteiger partial charge in [0.25, 0.3) is 0 Å². The van der Waals surface area contributed by atoms with Gasteiger partial charge < -0.3 is 9.84 Å². The van der Waals surface area contributed by atoms with Gasteiger partial charge in [-0.05, 0) is 78.1 Å². The number of hydrogen-bond donors (Lipinski definition) is 1. The predicted octanol–water partition coefficient (Wildman–Crippen LogP) is 4.63. The van der Waals surface area contributed by atoms with E-state index in [0.717, 1.165) is 37.9 Å². The highest BCUT2D eigenvalue weighted by Gasteiger charge is 2.22. The van der Waals surface area contributed by atoms with Gasteiger partial charge in [0.05, 0.1) is 7.11 Å². The average Bonchev–Trinajstić information content (AvgIpc) is 2.54. The zero-order valence-electron chi connectivity index (χ0n) is 13.4. The van der Waals surface area contributed by atoms with E-state index in [1.54, 1.807) is 7.11 Å². The van der Waals surface area contributed by atoms with E-state index in [1.807, 2.05) is 12.1 Å². The molecule has 0 saturated heterocycles. The molecule has 2 aromatic rings. The molecule has 1 unspecified atom stereocenters. The van der Waals surface area contributed by atoms with Crippen molar-refractivity contribution in [1.82, 2.24) is 0 Å². The lowest BCUT2D eigenvalue weighted by Gasteiger charge is -2.27. The number of phenolic OH excluding ortho intramolecular Hbond substituents is 1. The van der Waals surface area contributed by atoms with Gasteiger partial charge in [-0.25, -0.2) is 0 Å². The first kappa shape index (κ1) is 15.0. The van der Waals surface area contributed by atoms with Gasteiger partial charge in [-0.3, -0.25) is 0 Å². The largest absolute Gasteiger partial charge is 0.508 e. The molecular weight excluding hydrogens is 272 g/mol. The molecule has 1 atom stereocenters. The van der Waals surface area contributed by atoms with Crippen molar-refractivity contribution in [2.75, 3.05) is 7.11 Å². The average molecular weight is 296 g/mol. The molecule has 0 bridgehead atoms. The number of hydrogen-bond acceptors (Lipinski definition) is 2. The summed E-state index contributed by atoms with van der Waals surface area (Å²) < 4.78 is 5.39. The Hall–Kier alpha value is -1.96. The van der Waals surface area contributed by atoms with E-state index in [9.17, 15) is 5.11 Å². The minimum atomic E-state index is 0.383. The van der Waals surface area contributed by atoms with Crippen LogP contribution in [0.15, 0.2) is 36.4 Å². The third-order valence-corrected chi connectivity index (χ3v) is 4.73. The van der Waals surface area contributed by atoms with E-state index in [4.69, 9.17) is 4.74 Å². The van der Waals surface area contributed by atoms with Crippen molar-refractivity contribution < 1.29 is 9.84 Å². The zero-order chi connectivity index (χ0) is 15.5. The summed E-state index contributed by atoms with van der Waals surface area (Å²) in [5.74, 6) is 1.91. The van der Waals surface area contributed by atoms with E-state index in [2.05, 4.69) is 31.2 Å². The summed E-state index contributed by atoms with van der Waals surface area (Å²) in [5.41, 5.74) is 5.59. The summed E-state index contributed by atoms with van der Waals surface area (Å²) in [6.45, 7) is 2.22. The lowest BCUT2D eigenvalue weighted by Crippen LogP contribution is -2.14. The number of rotatable bonds is 4. The lowest BCUT2D eigenvalue weighted by atomic mass is 9.78. The molecule has 2 nitrogen and oxygen atoms in total. The smallest absolute Gasteiger partial charge is 0.119 e. The second kappa shape index (κ2) is 6.43. The monoisotopic (exact) mass is 296 g/mol. The summed E-state index contributed by atoms with van der Waals surface area (Å²) in [6.07, 6.45) is 5.52. The molecule has 0 fully saturated rings. The molecule has 0 amide bonds. The summed E-state index contributed by atoms with van der Waals surface area (Å²) in [7, 11) is 1.73. The van der Waals surface area contributed by atoms with Crippen LogP contribution in [0.2, 0.25) is 0 Å². The molecule has 1 aliphatic rings. The van der Waals surface area contributed by atoms with Crippen LogP contribution in [0, 0.1) is 0 Å². The maximum Gasteiger partial charge on any atom is 0.119 e. The molecule has 3 rings (SSSR count). The molecule has 0 aliphatic heterocycles. The molecule has 116 valence electrons. The van der Waals surface area contributed by atoms with E-state index in [1.165, 1.54) is 22.3 Å². The van der Waals surface area contributed by atoms with Gasteiger partial charge in [0.1, 0.15) is 11.5 Å². The van der Waals surface area contributed by atoms with Crippen molar-refractivity contribution in [3.63, 3.8) is 0 Å². The molecule has 1 N–H and O–H groups in total. The van der Waals surface area contributed by atoms with Gasteiger partial charge in [0.15, 0.2) is 0 Å². The van der Waals surface area contributed by atoms with Crippen molar-refractivity contribution >= 4 is 0 Å².